The largest absolute Gasteiger partial charge is 0.253 e. The number of rotatable bonds is 4. The molecule has 1 N–H and O–H groups in total. The Morgan fingerprint density at radius 3 is 2.56 bits per heavy atom. The fraction of sp³-hybridized carbons (Fsp3) is 0.286. The van der Waals surface area contributed by atoms with Gasteiger partial charge in [0.05, 0.1) is 11.9 Å². The van der Waals surface area contributed by atoms with Gasteiger partial charge in [0, 0.05) is 5.38 Å². The smallest absolute Gasteiger partial charge is 0.203 e. The SMILES string of the molecule is Cc1csc(N/N=C\c2ccc(C(C)C)cc2)n1. The standard InChI is InChI=1S/C14H17N3S/c1-10(2)13-6-4-12(5-7-13)8-15-17-14-16-11(3)9-18-14/h4-10H,1-3H3,(H,16,17)/b15-8-. The summed E-state index contributed by atoms with van der Waals surface area (Å²) in [5.41, 5.74) is 6.37. The molecule has 4 heteroatoms. The molecule has 3 nitrogen and oxygen atoms in total. The maximum absolute atomic E-state index is 4.27. The van der Waals surface area contributed by atoms with Gasteiger partial charge in [0.25, 0.3) is 0 Å². The van der Waals surface area contributed by atoms with Gasteiger partial charge >= 0.3 is 0 Å². The van der Waals surface area contributed by atoms with Crippen LogP contribution in [0.2, 0.25) is 0 Å². The Kier molecular flexibility index (Phi) is 4.10. The highest BCUT2D eigenvalue weighted by atomic mass is 32.1. The van der Waals surface area contributed by atoms with E-state index in [0.29, 0.717) is 5.92 Å². The van der Waals surface area contributed by atoms with Gasteiger partial charge in [0.1, 0.15) is 0 Å². The third-order valence-corrected chi connectivity index (χ3v) is 3.46. The molecule has 0 unspecified atom stereocenters. The molecule has 2 aromatic rings. The fourth-order valence-electron chi connectivity index (χ4n) is 1.53. The molecule has 0 bridgehead atoms. The fourth-order valence-corrected chi connectivity index (χ4v) is 2.17. The molecule has 0 aliphatic carbocycles. The van der Waals surface area contributed by atoms with Crippen LogP contribution in [0.25, 0.3) is 0 Å². The second-order valence-electron chi connectivity index (χ2n) is 4.49. The van der Waals surface area contributed by atoms with E-state index in [1.807, 2.05) is 12.3 Å². The first-order valence-corrected chi connectivity index (χ1v) is 6.84. The Balaban J connectivity index is 1.96. The van der Waals surface area contributed by atoms with Crippen molar-refractivity contribution in [3.05, 3.63) is 46.5 Å². The second kappa shape index (κ2) is 5.78. The van der Waals surface area contributed by atoms with E-state index < -0.39 is 0 Å². The number of hydrogen-bond donors (Lipinski definition) is 1. The Labute approximate surface area is 112 Å². The first-order valence-electron chi connectivity index (χ1n) is 5.96. The summed E-state index contributed by atoms with van der Waals surface area (Å²) in [6.45, 7) is 6.35. The number of nitrogens with zero attached hydrogens (tertiary/aromatic N) is 2. The van der Waals surface area contributed by atoms with Crippen LogP contribution in [0.1, 0.15) is 36.6 Å². The summed E-state index contributed by atoms with van der Waals surface area (Å²) in [6.07, 6.45) is 1.81. The van der Waals surface area contributed by atoms with Crippen molar-refractivity contribution in [3.63, 3.8) is 0 Å². The summed E-state index contributed by atoms with van der Waals surface area (Å²) >= 11 is 1.56. The Hall–Kier alpha value is -1.68. The summed E-state index contributed by atoms with van der Waals surface area (Å²) in [5.74, 6) is 0.562. The van der Waals surface area contributed by atoms with Gasteiger partial charge in [-0.25, -0.2) is 4.98 Å². The Morgan fingerprint density at radius 2 is 2.00 bits per heavy atom. The molecule has 0 aliphatic rings. The van der Waals surface area contributed by atoms with Crippen molar-refractivity contribution in [1.29, 1.82) is 0 Å². The summed E-state index contributed by atoms with van der Waals surface area (Å²) in [6, 6.07) is 8.43. The molecule has 0 fully saturated rings. The van der Waals surface area contributed by atoms with Crippen molar-refractivity contribution in [1.82, 2.24) is 4.98 Å². The minimum absolute atomic E-state index is 0.562. The minimum atomic E-state index is 0.562. The number of hydrogen-bond acceptors (Lipinski definition) is 4. The lowest BCUT2D eigenvalue weighted by molar-refractivity contribution is 0.866. The van der Waals surface area contributed by atoms with Gasteiger partial charge in [-0.15, -0.1) is 11.3 Å². The van der Waals surface area contributed by atoms with Gasteiger partial charge in [-0.3, -0.25) is 5.43 Å². The Bertz CT molecular complexity index is 526. The van der Waals surface area contributed by atoms with E-state index in [9.17, 15) is 0 Å². The van der Waals surface area contributed by atoms with Crippen molar-refractivity contribution in [2.75, 3.05) is 5.43 Å². The topological polar surface area (TPSA) is 37.3 Å². The average Bonchev–Trinajstić information content (AvgIpc) is 2.76. The quantitative estimate of drug-likeness (QED) is 0.665. The lowest BCUT2D eigenvalue weighted by atomic mass is 10.0. The molecule has 0 amide bonds. The first kappa shape index (κ1) is 12.8. The lowest BCUT2D eigenvalue weighted by Gasteiger charge is -2.04. The third kappa shape index (κ3) is 3.40. The number of aryl methyl sites for hydroxylation is 1. The van der Waals surface area contributed by atoms with Crippen molar-refractivity contribution < 1.29 is 0 Å². The molecule has 94 valence electrons. The summed E-state index contributed by atoms with van der Waals surface area (Å²) in [5, 5.41) is 6.99. The second-order valence-corrected chi connectivity index (χ2v) is 5.34. The summed E-state index contributed by atoms with van der Waals surface area (Å²) < 4.78 is 0. The predicted octanol–water partition coefficient (Wildman–Crippen LogP) is 4.02. The summed E-state index contributed by atoms with van der Waals surface area (Å²) in [7, 11) is 0. The van der Waals surface area contributed by atoms with Gasteiger partial charge < -0.3 is 0 Å². The maximum Gasteiger partial charge on any atom is 0.203 e. The minimum Gasteiger partial charge on any atom is -0.253 e. The molecule has 0 saturated carbocycles. The van der Waals surface area contributed by atoms with E-state index >= 15 is 0 Å². The molecule has 1 aromatic carbocycles. The molecule has 1 heterocycles. The zero-order chi connectivity index (χ0) is 13.0. The molecule has 0 atom stereocenters. The maximum atomic E-state index is 4.27. The summed E-state index contributed by atoms with van der Waals surface area (Å²) in [4.78, 5) is 4.27. The van der Waals surface area contributed by atoms with Crippen LogP contribution in [0.4, 0.5) is 5.13 Å². The molecular weight excluding hydrogens is 242 g/mol. The normalized spacial score (nSPS) is 11.3. The highest BCUT2D eigenvalue weighted by Crippen LogP contribution is 2.15. The van der Waals surface area contributed by atoms with E-state index in [0.717, 1.165) is 16.4 Å². The van der Waals surface area contributed by atoms with Crippen LogP contribution in [0.5, 0.6) is 0 Å². The van der Waals surface area contributed by atoms with Gasteiger partial charge in [0.2, 0.25) is 5.13 Å². The lowest BCUT2D eigenvalue weighted by Crippen LogP contribution is -1.91. The van der Waals surface area contributed by atoms with Crippen LogP contribution in [-0.2, 0) is 0 Å². The Morgan fingerprint density at radius 1 is 1.28 bits per heavy atom. The van der Waals surface area contributed by atoms with E-state index in [2.05, 4.69) is 53.6 Å². The van der Waals surface area contributed by atoms with Crippen LogP contribution in [0, 0.1) is 6.92 Å². The number of thiazole rings is 1. The molecule has 0 radical (unpaired) electrons. The van der Waals surface area contributed by atoms with Crippen LogP contribution >= 0.6 is 11.3 Å². The van der Waals surface area contributed by atoms with Crippen LogP contribution in [0.3, 0.4) is 0 Å². The number of benzene rings is 1. The molecule has 0 spiro atoms. The highest BCUT2D eigenvalue weighted by Gasteiger charge is 1.98. The van der Waals surface area contributed by atoms with Crippen molar-refractivity contribution in [2.24, 2.45) is 5.10 Å². The number of hydrazone groups is 1. The van der Waals surface area contributed by atoms with Gasteiger partial charge in [-0.2, -0.15) is 5.10 Å². The molecular formula is C14H17N3S. The van der Waals surface area contributed by atoms with E-state index in [1.54, 1.807) is 17.6 Å². The van der Waals surface area contributed by atoms with Crippen LogP contribution < -0.4 is 5.43 Å². The molecule has 2 rings (SSSR count). The van der Waals surface area contributed by atoms with Crippen molar-refractivity contribution >= 4 is 22.7 Å². The monoisotopic (exact) mass is 259 g/mol. The molecule has 18 heavy (non-hydrogen) atoms. The van der Waals surface area contributed by atoms with Gasteiger partial charge in [0.15, 0.2) is 0 Å². The first-order chi connectivity index (χ1) is 8.65. The van der Waals surface area contributed by atoms with E-state index in [4.69, 9.17) is 0 Å². The zero-order valence-electron chi connectivity index (χ0n) is 10.8. The van der Waals surface area contributed by atoms with Gasteiger partial charge in [-0.1, -0.05) is 38.1 Å². The van der Waals surface area contributed by atoms with Crippen molar-refractivity contribution in [2.45, 2.75) is 26.7 Å². The predicted molar refractivity (Wildman–Crippen MR) is 78.6 cm³/mol. The van der Waals surface area contributed by atoms with Crippen LogP contribution in [0.15, 0.2) is 34.7 Å². The zero-order valence-corrected chi connectivity index (χ0v) is 11.7. The van der Waals surface area contributed by atoms with E-state index in [-0.39, 0.29) is 0 Å². The molecule has 0 saturated heterocycles. The third-order valence-electron chi connectivity index (χ3n) is 2.60. The molecule has 1 aromatic heterocycles. The van der Waals surface area contributed by atoms with Crippen LogP contribution in [-0.4, -0.2) is 11.2 Å². The molecule has 0 aliphatic heterocycles. The number of aromatic nitrogens is 1. The average molecular weight is 259 g/mol. The van der Waals surface area contributed by atoms with Crippen molar-refractivity contribution in [3.8, 4) is 0 Å². The highest BCUT2D eigenvalue weighted by molar-refractivity contribution is 7.13. The van der Waals surface area contributed by atoms with E-state index in [1.165, 1.54) is 5.56 Å². The number of anilines is 1. The number of nitrogens with one attached hydrogen (secondary N) is 1. The van der Waals surface area contributed by atoms with Gasteiger partial charge in [-0.05, 0) is 24.0 Å².